The maximum atomic E-state index is 14.2. The van der Waals surface area contributed by atoms with E-state index < -0.39 is 21.6 Å². The molecule has 0 saturated carbocycles. The molecule has 4 aromatic rings. The summed E-state index contributed by atoms with van der Waals surface area (Å²) in [6.45, 7) is 3.43. The van der Waals surface area contributed by atoms with Crippen LogP contribution in [-0.2, 0) is 21.2 Å². The third-order valence-corrected chi connectivity index (χ3v) is 8.80. The standard InChI is InChI=1S/C34H36FN5O6S/c1-23(41)37-30-19-25(10-12-29(30)35)38-34(42)40(26-7-5-4-6-8-26)27-15-17-39(18-16-27)22-24-9-14-33(36-21-24)46-31-13-11-28(47(3,43)44)20-32(31)45-2/h4-14,19-21,27H,15-18,22H2,1-3H3,(H,37,41)(H,38,42). The van der Waals surface area contributed by atoms with Gasteiger partial charge in [0.25, 0.3) is 0 Å². The number of likely N-dealkylation sites (tertiary alicyclic amines) is 1. The van der Waals surface area contributed by atoms with E-state index in [2.05, 4.69) is 20.5 Å². The number of carbonyl (C=O) groups is 2. The number of para-hydroxylation sites is 1. The number of piperidine rings is 1. The van der Waals surface area contributed by atoms with Gasteiger partial charge in [-0.1, -0.05) is 24.3 Å². The van der Waals surface area contributed by atoms with Gasteiger partial charge in [-0.25, -0.2) is 22.6 Å². The summed E-state index contributed by atoms with van der Waals surface area (Å²) in [5, 5.41) is 5.31. The monoisotopic (exact) mass is 661 g/mol. The zero-order valence-electron chi connectivity index (χ0n) is 26.3. The zero-order chi connectivity index (χ0) is 33.6. The highest BCUT2D eigenvalue weighted by Crippen LogP contribution is 2.33. The molecular weight excluding hydrogens is 625 g/mol. The Bertz CT molecular complexity index is 1830. The van der Waals surface area contributed by atoms with E-state index in [4.69, 9.17) is 9.47 Å². The Morgan fingerprint density at radius 3 is 2.36 bits per heavy atom. The van der Waals surface area contributed by atoms with Crippen molar-refractivity contribution in [3.8, 4) is 17.4 Å². The molecule has 0 atom stereocenters. The summed E-state index contributed by atoms with van der Waals surface area (Å²) >= 11 is 0. The lowest BCUT2D eigenvalue weighted by Crippen LogP contribution is -2.49. The van der Waals surface area contributed by atoms with Gasteiger partial charge in [-0.15, -0.1) is 0 Å². The fourth-order valence-electron chi connectivity index (χ4n) is 5.39. The predicted octanol–water partition coefficient (Wildman–Crippen LogP) is 6.09. The first-order valence-electron chi connectivity index (χ1n) is 15.0. The quantitative estimate of drug-likeness (QED) is 0.209. The van der Waals surface area contributed by atoms with Crippen LogP contribution in [0, 0.1) is 5.82 Å². The number of carbonyl (C=O) groups excluding carboxylic acids is 2. The first-order valence-corrected chi connectivity index (χ1v) is 16.8. The van der Waals surface area contributed by atoms with Crippen LogP contribution in [0.2, 0.25) is 0 Å². The van der Waals surface area contributed by atoms with Crippen molar-refractivity contribution in [3.05, 3.63) is 96.4 Å². The summed E-state index contributed by atoms with van der Waals surface area (Å²) < 4.78 is 49.1. The van der Waals surface area contributed by atoms with Crippen LogP contribution in [0.25, 0.3) is 0 Å². The Labute approximate surface area is 273 Å². The van der Waals surface area contributed by atoms with Crippen LogP contribution >= 0.6 is 0 Å². The second-order valence-electron chi connectivity index (χ2n) is 11.2. The molecule has 1 saturated heterocycles. The minimum Gasteiger partial charge on any atom is -0.493 e. The number of amides is 3. The first kappa shape index (κ1) is 33.4. The molecule has 0 spiro atoms. The van der Waals surface area contributed by atoms with E-state index in [1.54, 1.807) is 17.2 Å². The van der Waals surface area contributed by atoms with E-state index in [1.807, 2.05) is 36.4 Å². The molecule has 0 radical (unpaired) electrons. The molecule has 2 N–H and O–H groups in total. The Kier molecular flexibility index (Phi) is 10.4. The SMILES string of the molecule is COc1cc(S(C)(=O)=O)ccc1Oc1ccc(CN2CCC(N(C(=O)Nc3ccc(F)c(NC(C)=O)c3)c3ccccc3)CC2)cn1. The van der Waals surface area contributed by atoms with E-state index in [-0.39, 0.29) is 28.4 Å². The molecule has 246 valence electrons. The second-order valence-corrected chi connectivity index (χ2v) is 13.2. The van der Waals surface area contributed by atoms with Gasteiger partial charge in [-0.2, -0.15) is 0 Å². The molecule has 47 heavy (non-hydrogen) atoms. The van der Waals surface area contributed by atoms with Gasteiger partial charge in [0, 0.05) is 68.6 Å². The molecule has 0 bridgehead atoms. The minimum atomic E-state index is -3.39. The number of urea groups is 1. The number of halogens is 1. The molecule has 11 nitrogen and oxygen atoms in total. The van der Waals surface area contributed by atoms with Crippen LogP contribution in [0.5, 0.6) is 17.4 Å². The van der Waals surface area contributed by atoms with Crippen molar-refractivity contribution in [3.63, 3.8) is 0 Å². The van der Waals surface area contributed by atoms with Gasteiger partial charge in [0.2, 0.25) is 11.8 Å². The lowest BCUT2D eigenvalue weighted by Gasteiger charge is -2.38. The molecule has 13 heteroatoms. The molecule has 1 aliphatic heterocycles. The van der Waals surface area contributed by atoms with E-state index in [0.29, 0.717) is 23.9 Å². The summed E-state index contributed by atoms with van der Waals surface area (Å²) in [6.07, 6.45) is 4.31. The zero-order valence-corrected chi connectivity index (χ0v) is 27.1. The van der Waals surface area contributed by atoms with Gasteiger partial charge in [-0.3, -0.25) is 14.6 Å². The number of hydrogen-bond donors (Lipinski definition) is 2. The molecule has 3 aromatic carbocycles. The van der Waals surface area contributed by atoms with E-state index in [0.717, 1.165) is 43.4 Å². The lowest BCUT2D eigenvalue weighted by atomic mass is 10.0. The van der Waals surface area contributed by atoms with Crippen molar-refractivity contribution in [1.82, 2.24) is 9.88 Å². The highest BCUT2D eigenvalue weighted by molar-refractivity contribution is 7.90. The fraction of sp³-hybridized carbons (Fsp3) is 0.265. The molecule has 0 unspecified atom stereocenters. The normalized spacial score (nSPS) is 13.9. The van der Waals surface area contributed by atoms with E-state index in [1.165, 1.54) is 50.4 Å². The van der Waals surface area contributed by atoms with Crippen LogP contribution in [0.15, 0.2) is 90.0 Å². The summed E-state index contributed by atoms with van der Waals surface area (Å²) in [7, 11) is -1.95. The number of ether oxygens (including phenoxy) is 2. The smallest absolute Gasteiger partial charge is 0.326 e. The Balaban J connectivity index is 1.21. The van der Waals surface area contributed by atoms with Gasteiger partial charge >= 0.3 is 6.03 Å². The third kappa shape index (κ3) is 8.63. The largest absolute Gasteiger partial charge is 0.493 e. The molecule has 0 aliphatic carbocycles. The molecule has 1 aromatic heterocycles. The maximum absolute atomic E-state index is 14.2. The molecular formula is C34H36FN5O6S. The van der Waals surface area contributed by atoms with Gasteiger partial charge in [0.05, 0.1) is 17.7 Å². The van der Waals surface area contributed by atoms with Crippen molar-refractivity contribution in [2.45, 2.75) is 37.2 Å². The number of nitrogens with zero attached hydrogens (tertiary/aromatic N) is 3. The average Bonchev–Trinajstić information content (AvgIpc) is 3.04. The average molecular weight is 662 g/mol. The van der Waals surface area contributed by atoms with Crippen LogP contribution < -0.4 is 25.0 Å². The van der Waals surface area contributed by atoms with Crippen molar-refractivity contribution in [1.29, 1.82) is 0 Å². The number of methoxy groups -OCH3 is 1. The highest BCUT2D eigenvalue weighted by atomic mass is 32.2. The van der Waals surface area contributed by atoms with Crippen LogP contribution in [0.1, 0.15) is 25.3 Å². The summed E-state index contributed by atoms with van der Waals surface area (Å²) in [4.78, 5) is 33.7. The van der Waals surface area contributed by atoms with Crippen LogP contribution in [-0.4, -0.2) is 62.7 Å². The minimum absolute atomic E-state index is 0.00747. The number of nitrogens with one attached hydrogen (secondary N) is 2. The number of sulfone groups is 1. The first-order chi connectivity index (χ1) is 22.5. The van der Waals surface area contributed by atoms with Gasteiger partial charge < -0.3 is 20.1 Å². The molecule has 5 rings (SSSR count). The van der Waals surface area contributed by atoms with Crippen LogP contribution in [0.3, 0.4) is 0 Å². The number of hydrogen-bond acceptors (Lipinski definition) is 8. The summed E-state index contributed by atoms with van der Waals surface area (Å²) in [6, 6.07) is 21.1. The summed E-state index contributed by atoms with van der Waals surface area (Å²) in [5.41, 5.74) is 2.09. The number of anilines is 3. The molecule has 2 heterocycles. The van der Waals surface area contributed by atoms with Gasteiger partial charge in [-0.05, 0) is 60.9 Å². The van der Waals surface area contributed by atoms with Crippen molar-refractivity contribution in [2.75, 3.05) is 42.0 Å². The van der Waals surface area contributed by atoms with Crippen molar-refractivity contribution < 1.29 is 31.9 Å². The van der Waals surface area contributed by atoms with Crippen LogP contribution in [0.4, 0.5) is 26.2 Å². The van der Waals surface area contributed by atoms with Gasteiger partial charge in [0.1, 0.15) is 5.82 Å². The van der Waals surface area contributed by atoms with Crippen molar-refractivity contribution >= 4 is 38.8 Å². The number of aromatic nitrogens is 1. The topological polar surface area (TPSA) is 130 Å². The molecule has 1 fully saturated rings. The van der Waals surface area contributed by atoms with Crippen molar-refractivity contribution in [2.24, 2.45) is 0 Å². The molecule has 1 aliphatic rings. The number of benzene rings is 3. The fourth-order valence-corrected chi connectivity index (χ4v) is 6.03. The Morgan fingerprint density at radius 1 is 0.979 bits per heavy atom. The number of rotatable bonds is 10. The third-order valence-electron chi connectivity index (χ3n) is 7.69. The Morgan fingerprint density at radius 2 is 1.72 bits per heavy atom. The maximum Gasteiger partial charge on any atom is 0.326 e. The summed E-state index contributed by atoms with van der Waals surface area (Å²) in [5.74, 6) is -0.0317. The van der Waals surface area contributed by atoms with E-state index >= 15 is 0 Å². The number of pyridine rings is 1. The molecule has 3 amide bonds. The lowest BCUT2D eigenvalue weighted by molar-refractivity contribution is -0.114. The highest BCUT2D eigenvalue weighted by Gasteiger charge is 2.29. The van der Waals surface area contributed by atoms with Gasteiger partial charge in [0.15, 0.2) is 21.3 Å². The second kappa shape index (κ2) is 14.6. The van der Waals surface area contributed by atoms with E-state index in [9.17, 15) is 22.4 Å². The predicted molar refractivity (Wildman–Crippen MR) is 177 cm³/mol. The Hall–Kier alpha value is -5.01.